The van der Waals surface area contributed by atoms with Crippen LogP contribution in [0.3, 0.4) is 0 Å². The lowest BCUT2D eigenvalue weighted by molar-refractivity contribution is -0.142. The zero-order valence-corrected chi connectivity index (χ0v) is 14.8. The molecule has 142 valence electrons. The first kappa shape index (κ1) is 18.7. The summed E-state index contributed by atoms with van der Waals surface area (Å²) in [5, 5.41) is 4.28. The molecule has 1 fully saturated rings. The van der Waals surface area contributed by atoms with Crippen molar-refractivity contribution in [3.8, 4) is 0 Å². The highest BCUT2D eigenvalue weighted by Gasteiger charge is 2.43. The van der Waals surface area contributed by atoms with E-state index in [1.165, 1.54) is 0 Å². The number of piperidine rings is 1. The van der Waals surface area contributed by atoms with Gasteiger partial charge in [-0.1, -0.05) is 29.4 Å². The molecular formula is C19H23F3N2O2. The fourth-order valence-corrected chi connectivity index (χ4v) is 3.59. The molecule has 1 aromatic carbocycles. The molecule has 0 unspecified atom stereocenters. The second-order valence-electron chi connectivity index (χ2n) is 7.15. The van der Waals surface area contributed by atoms with Crippen LogP contribution in [-0.4, -0.2) is 41.4 Å². The lowest BCUT2D eigenvalue weighted by Crippen LogP contribution is -2.46. The van der Waals surface area contributed by atoms with E-state index in [-0.39, 0.29) is 24.3 Å². The maximum atomic E-state index is 12.2. The number of aryl methyl sites for hydroxylation is 1. The first-order chi connectivity index (χ1) is 12.3. The van der Waals surface area contributed by atoms with Crippen molar-refractivity contribution < 1.29 is 22.8 Å². The number of rotatable bonds is 4. The van der Waals surface area contributed by atoms with E-state index in [2.05, 4.69) is 5.16 Å². The Kier molecular flexibility index (Phi) is 5.25. The molecule has 0 N–H and O–H groups in total. The lowest BCUT2D eigenvalue weighted by atomic mass is 9.84. The van der Waals surface area contributed by atoms with Gasteiger partial charge in [0.15, 0.2) is 0 Å². The maximum absolute atomic E-state index is 12.2. The van der Waals surface area contributed by atoms with Crippen LogP contribution in [0.25, 0.3) is 0 Å². The molecule has 3 rings (SSSR count). The molecule has 4 nitrogen and oxygen atoms in total. The Morgan fingerprint density at radius 3 is 2.62 bits per heavy atom. The average molecular weight is 368 g/mol. The number of oxime groups is 1. The van der Waals surface area contributed by atoms with E-state index < -0.39 is 12.6 Å². The van der Waals surface area contributed by atoms with Crippen molar-refractivity contribution in [2.45, 2.75) is 57.2 Å². The van der Waals surface area contributed by atoms with E-state index >= 15 is 0 Å². The summed E-state index contributed by atoms with van der Waals surface area (Å²) >= 11 is 0. The fourth-order valence-electron chi connectivity index (χ4n) is 3.59. The molecule has 0 aliphatic carbocycles. The third-order valence-electron chi connectivity index (χ3n) is 5.17. The van der Waals surface area contributed by atoms with Crippen LogP contribution in [0.2, 0.25) is 0 Å². The van der Waals surface area contributed by atoms with Gasteiger partial charge >= 0.3 is 6.18 Å². The molecule has 7 heteroatoms. The van der Waals surface area contributed by atoms with Crippen molar-refractivity contribution in [2.24, 2.45) is 5.16 Å². The lowest BCUT2D eigenvalue weighted by Gasteiger charge is -2.37. The first-order valence-corrected chi connectivity index (χ1v) is 8.94. The number of carbonyl (C=O) groups is 1. The minimum absolute atomic E-state index is 0.0572. The topological polar surface area (TPSA) is 41.9 Å². The molecule has 1 amide bonds. The summed E-state index contributed by atoms with van der Waals surface area (Å²) in [7, 11) is 0. The normalized spacial score (nSPS) is 19.4. The minimum Gasteiger partial charge on any atom is -0.388 e. The number of benzene rings is 1. The smallest absolute Gasteiger partial charge is 0.388 e. The standard InChI is InChI=1S/C19H23F3N2O2/c1-14-5-2-3-6-15(14)16-13-18(26-23-16)9-11-24(12-10-18)17(25)7-4-8-19(20,21)22/h2-3,5-6H,4,7-13H2,1H3. The van der Waals surface area contributed by atoms with Crippen LogP contribution in [0.15, 0.2) is 29.4 Å². The molecule has 1 spiro atoms. The van der Waals surface area contributed by atoms with E-state index in [4.69, 9.17) is 4.84 Å². The predicted molar refractivity (Wildman–Crippen MR) is 91.9 cm³/mol. The van der Waals surface area contributed by atoms with Crippen LogP contribution in [0.4, 0.5) is 13.2 Å². The molecule has 0 bridgehead atoms. The summed E-state index contributed by atoms with van der Waals surface area (Å²) in [6, 6.07) is 8.01. The van der Waals surface area contributed by atoms with Crippen molar-refractivity contribution in [2.75, 3.05) is 13.1 Å². The van der Waals surface area contributed by atoms with Gasteiger partial charge in [0.05, 0.1) is 5.71 Å². The highest BCUT2D eigenvalue weighted by molar-refractivity contribution is 6.02. The van der Waals surface area contributed by atoms with Crippen LogP contribution < -0.4 is 0 Å². The van der Waals surface area contributed by atoms with E-state index in [0.717, 1.165) is 16.8 Å². The van der Waals surface area contributed by atoms with Gasteiger partial charge in [-0.2, -0.15) is 13.2 Å². The van der Waals surface area contributed by atoms with Crippen LogP contribution in [0.5, 0.6) is 0 Å². The van der Waals surface area contributed by atoms with E-state index in [1.54, 1.807) is 4.90 Å². The maximum Gasteiger partial charge on any atom is 0.389 e. The van der Waals surface area contributed by atoms with Gasteiger partial charge in [0.2, 0.25) is 5.91 Å². The molecule has 0 atom stereocenters. The van der Waals surface area contributed by atoms with Gasteiger partial charge in [0, 0.05) is 50.8 Å². The van der Waals surface area contributed by atoms with E-state index in [9.17, 15) is 18.0 Å². The van der Waals surface area contributed by atoms with Crippen LogP contribution in [0, 0.1) is 6.92 Å². The van der Waals surface area contributed by atoms with Gasteiger partial charge in [-0.3, -0.25) is 4.79 Å². The van der Waals surface area contributed by atoms with Crippen LogP contribution in [-0.2, 0) is 9.63 Å². The van der Waals surface area contributed by atoms with Crippen LogP contribution >= 0.6 is 0 Å². The predicted octanol–water partition coefficient (Wildman–Crippen LogP) is 4.21. The number of hydrogen-bond acceptors (Lipinski definition) is 3. The van der Waals surface area contributed by atoms with E-state index in [0.29, 0.717) is 32.4 Å². The molecule has 1 aromatic rings. The van der Waals surface area contributed by atoms with Gasteiger partial charge in [-0.15, -0.1) is 0 Å². The molecule has 0 radical (unpaired) electrons. The van der Waals surface area contributed by atoms with Crippen molar-refractivity contribution >= 4 is 11.6 Å². The largest absolute Gasteiger partial charge is 0.389 e. The van der Waals surface area contributed by atoms with E-state index in [1.807, 2.05) is 31.2 Å². The van der Waals surface area contributed by atoms with Crippen LogP contribution in [0.1, 0.15) is 49.7 Å². The second kappa shape index (κ2) is 7.29. The molecule has 2 heterocycles. The summed E-state index contributed by atoms with van der Waals surface area (Å²) in [5.41, 5.74) is 2.76. The Labute approximate surface area is 151 Å². The summed E-state index contributed by atoms with van der Waals surface area (Å²) in [5.74, 6) is -0.206. The molecule has 0 saturated carbocycles. The zero-order chi connectivity index (χ0) is 18.8. The number of alkyl halides is 3. The number of amides is 1. The SMILES string of the molecule is Cc1ccccc1C1=NOC2(CCN(C(=O)CCCC(F)(F)F)CC2)C1. The Morgan fingerprint density at radius 1 is 1.27 bits per heavy atom. The Morgan fingerprint density at radius 2 is 1.96 bits per heavy atom. The number of halogens is 3. The van der Waals surface area contributed by atoms with Gasteiger partial charge in [-0.05, 0) is 18.9 Å². The quantitative estimate of drug-likeness (QED) is 0.799. The van der Waals surface area contributed by atoms with Crippen molar-refractivity contribution in [3.05, 3.63) is 35.4 Å². The number of hydrogen-bond donors (Lipinski definition) is 0. The summed E-state index contributed by atoms with van der Waals surface area (Å²) in [6.07, 6.45) is -3.32. The second-order valence-corrected chi connectivity index (χ2v) is 7.15. The highest BCUT2D eigenvalue weighted by atomic mass is 19.4. The fraction of sp³-hybridized carbons (Fsp3) is 0.579. The summed E-state index contributed by atoms with van der Waals surface area (Å²) < 4.78 is 36.6. The molecule has 2 aliphatic rings. The van der Waals surface area contributed by atoms with Crippen molar-refractivity contribution in [1.82, 2.24) is 4.90 Å². The summed E-state index contributed by atoms with van der Waals surface area (Å²) in [4.78, 5) is 19.5. The minimum atomic E-state index is -4.20. The molecule has 26 heavy (non-hydrogen) atoms. The molecule has 1 saturated heterocycles. The van der Waals surface area contributed by atoms with Gasteiger partial charge in [0.1, 0.15) is 5.60 Å². The molecular weight excluding hydrogens is 345 g/mol. The molecule has 2 aliphatic heterocycles. The third kappa shape index (κ3) is 4.37. The Bertz CT molecular complexity index is 692. The molecule has 0 aromatic heterocycles. The van der Waals surface area contributed by atoms with Gasteiger partial charge < -0.3 is 9.74 Å². The first-order valence-electron chi connectivity index (χ1n) is 8.94. The number of likely N-dealkylation sites (tertiary alicyclic amines) is 1. The Balaban J connectivity index is 1.50. The average Bonchev–Trinajstić information content (AvgIpc) is 2.98. The summed E-state index contributed by atoms with van der Waals surface area (Å²) in [6.45, 7) is 3.04. The Hall–Kier alpha value is -2.05. The van der Waals surface area contributed by atoms with Gasteiger partial charge in [0.25, 0.3) is 0 Å². The number of carbonyl (C=O) groups excluding carboxylic acids is 1. The number of nitrogens with zero attached hydrogens (tertiary/aromatic N) is 2. The zero-order valence-electron chi connectivity index (χ0n) is 14.8. The van der Waals surface area contributed by atoms with Crippen molar-refractivity contribution in [1.29, 1.82) is 0 Å². The van der Waals surface area contributed by atoms with Gasteiger partial charge in [-0.25, -0.2) is 0 Å². The third-order valence-corrected chi connectivity index (χ3v) is 5.17. The highest BCUT2D eigenvalue weighted by Crippen LogP contribution is 2.36. The van der Waals surface area contributed by atoms with Crippen molar-refractivity contribution in [3.63, 3.8) is 0 Å². The monoisotopic (exact) mass is 368 g/mol.